The monoisotopic (exact) mass is 242 g/mol. The van der Waals surface area contributed by atoms with Crippen molar-refractivity contribution in [3.8, 4) is 17.2 Å². The van der Waals surface area contributed by atoms with Gasteiger partial charge in [0.05, 0.1) is 5.56 Å². The van der Waals surface area contributed by atoms with E-state index in [0.29, 0.717) is 12.8 Å². The van der Waals surface area contributed by atoms with Gasteiger partial charge in [0.15, 0.2) is 11.5 Å². The molecule has 6 nitrogen and oxygen atoms in total. The van der Waals surface area contributed by atoms with Crippen LogP contribution in [0.2, 0.25) is 0 Å². The van der Waals surface area contributed by atoms with E-state index in [4.69, 9.17) is 5.26 Å². The summed E-state index contributed by atoms with van der Waals surface area (Å²) >= 11 is 0. The lowest BCUT2D eigenvalue weighted by atomic mass is 9.99. The minimum atomic E-state index is -1.10. The maximum atomic E-state index is 11.2. The van der Waals surface area contributed by atoms with Crippen LogP contribution in [-0.2, 0) is 11.3 Å². The van der Waals surface area contributed by atoms with E-state index in [2.05, 4.69) is 4.89 Å². The summed E-state index contributed by atoms with van der Waals surface area (Å²) in [5, 5.41) is 36.6. The van der Waals surface area contributed by atoms with Gasteiger partial charge in [-0.3, -0.25) is 4.89 Å². The smallest absolute Gasteiger partial charge is 0.373 e. The highest BCUT2D eigenvalue weighted by atomic mass is 17.1. The summed E-state index contributed by atoms with van der Waals surface area (Å²) in [4.78, 5) is 14.8. The molecule has 0 bridgehead atoms. The lowest BCUT2D eigenvalue weighted by Gasteiger charge is -2.11. The molecule has 0 spiro atoms. The van der Waals surface area contributed by atoms with Crippen molar-refractivity contribution < 1.29 is 30.3 Å². The lowest BCUT2D eigenvalue weighted by Crippen LogP contribution is -2.06. The number of carbonyl (C=O) groups is 1. The van der Waals surface area contributed by atoms with Crippen LogP contribution < -0.4 is 0 Å². The van der Waals surface area contributed by atoms with E-state index in [1.807, 2.05) is 6.92 Å². The summed E-state index contributed by atoms with van der Waals surface area (Å²) in [5.74, 6) is -3.01. The molecule has 0 aliphatic rings. The molecular weight excluding hydrogens is 228 g/mol. The highest BCUT2D eigenvalue weighted by Crippen LogP contribution is 2.40. The number of hydrogen-bond donors (Lipinski definition) is 4. The molecule has 4 N–H and O–H groups in total. The van der Waals surface area contributed by atoms with Gasteiger partial charge < -0.3 is 15.3 Å². The van der Waals surface area contributed by atoms with Gasteiger partial charge in [0.1, 0.15) is 0 Å². The van der Waals surface area contributed by atoms with Crippen LogP contribution in [0.3, 0.4) is 0 Å². The summed E-state index contributed by atoms with van der Waals surface area (Å²) in [6, 6.07) is 0.943. The fourth-order valence-corrected chi connectivity index (χ4v) is 1.52. The van der Waals surface area contributed by atoms with E-state index in [0.717, 1.165) is 12.5 Å². The second-order valence-corrected chi connectivity index (χ2v) is 3.60. The van der Waals surface area contributed by atoms with Gasteiger partial charge in [-0.2, -0.15) is 5.26 Å². The fraction of sp³-hybridized carbons (Fsp3) is 0.364. The van der Waals surface area contributed by atoms with Crippen LogP contribution in [0.4, 0.5) is 0 Å². The maximum Gasteiger partial charge on any atom is 0.373 e. The Kier molecular flexibility index (Phi) is 4.17. The number of hydrogen-bond acceptors (Lipinski definition) is 6. The summed E-state index contributed by atoms with van der Waals surface area (Å²) in [6.07, 6.45) is 1.80. The van der Waals surface area contributed by atoms with E-state index in [-0.39, 0.29) is 11.1 Å². The molecule has 0 amide bonds. The number of unbranched alkanes of at least 4 members (excludes halogenated alkanes) is 1. The van der Waals surface area contributed by atoms with E-state index < -0.39 is 23.2 Å². The third-order valence-electron chi connectivity index (χ3n) is 2.44. The molecule has 17 heavy (non-hydrogen) atoms. The topological polar surface area (TPSA) is 107 Å². The largest absolute Gasteiger partial charge is 0.504 e. The van der Waals surface area contributed by atoms with E-state index in [1.54, 1.807) is 0 Å². The van der Waals surface area contributed by atoms with Crippen molar-refractivity contribution in [3.05, 3.63) is 17.2 Å². The van der Waals surface area contributed by atoms with Gasteiger partial charge in [-0.25, -0.2) is 4.79 Å². The summed E-state index contributed by atoms with van der Waals surface area (Å²) in [7, 11) is 0. The second-order valence-electron chi connectivity index (χ2n) is 3.60. The predicted molar refractivity (Wildman–Crippen MR) is 58.1 cm³/mol. The molecule has 0 aliphatic heterocycles. The lowest BCUT2D eigenvalue weighted by molar-refractivity contribution is -0.182. The van der Waals surface area contributed by atoms with E-state index in [1.165, 1.54) is 0 Å². The molecule has 1 aromatic carbocycles. The average Bonchev–Trinajstić information content (AvgIpc) is 2.33. The normalized spacial score (nSPS) is 10.2. The third-order valence-corrected chi connectivity index (χ3v) is 2.44. The van der Waals surface area contributed by atoms with Crippen LogP contribution in [0.25, 0.3) is 0 Å². The molecule has 0 aliphatic carbocycles. The van der Waals surface area contributed by atoms with Crippen molar-refractivity contribution in [1.82, 2.24) is 0 Å². The Balaban J connectivity index is 3.30. The number of carbonyl (C=O) groups excluding carboxylic acids is 1. The van der Waals surface area contributed by atoms with Gasteiger partial charge in [-0.15, -0.1) is 0 Å². The summed E-state index contributed by atoms with van der Waals surface area (Å²) in [5.41, 5.74) is -0.0325. The molecule has 0 unspecified atom stereocenters. The molecule has 0 saturated heterocycles. The first kappa shape index (κ1) is 13.1. The first-order chi connectivity index (χ1) is 8.02. The Morgan fingerprint density at radius 3 is 2.47 bits per heavy atom. The van der Waals surface area contributed by atoms with Crippen molar-refractivity contribution >= 4 is 5.97 Å². The minimum Gasteiger partial charge on any atom is -0.504 e. The van der Waals surface area contributed by atoms with Crippen molar-refractivity contribution in [2.24, 2.45) is 0 Å². The third kappa shape index (κ3) is 2.59. The Hall–Kier alpha value is -1.95. The van der Waals surface area contributed by atoms with Crippen LogP contribution in [-0.4, -0.2) is 26.5 Å². The van der Waals surface area contributed by atoms with Crippen molar-refractivity contribution in [1.29, 1.82) is 0 Å². The minimum absolute atomic E-state index is 0.140. The molecule has 6 heteroatoms. The van der Waals surface area contributed by atoms with Crippen molar-refractivity contribution in [2.75, 3.05) is 0 Å². The van der Waals surface area contributed by atoms with Crippen molar-refractivity contribution in [2.45, 2.75) is 26.2 Å². The number of phenolic OH excluding ortho intramolecular Hbond substituents is 3. The first-order valence-electron chi connectivity index (χ1n) is 5.15. The Morgan fingerprint density at radius 1 is 1.29 bits per heavy atom. The second kappa shape index (κ2) is 5.40. The number of rotatable bonds is 4. The Bertz CT molecular complexity index is 426. The molecule has 0 heterocycles. The van der Waals surface area contributed by atoms with Gasteiger partial charge >= 0.3 is 5.97 Å². The summed E-state index contributed by atoms with van der Waals surface area (Å²) in [6.45, 7) is 1.92. The van der Waals surface area contributed by atoms with Gasteiger partial charge in [-0.1, -0.05) is 13.3 Å². The van der Waals surface area contributed by atoms with Crippen LogP contribution in [0, 0.1) is 0 Å². The zero-order valence-corrected chi connectivity index (χ0v) is 9.30. The van der Waals surface area contributed by atoms with Gasteiger partial charge in [-0.05, 0) is 18.9 Å². The molecule has 0 fully saturated rings. The molecule has 0 aromatic heterocycles. The maximum absolute atomic E-state index is 11.2. The number of phenols is 3. The zero-order valence-electron chi connectivity index (χ0n) is 9.30. The Labute approximate surface area is 97.6 Å². The molecule has 0 radical (unpaired) electrons. The molecule has 94 valence electrons. The molecule has 1 rings (SSSR count). The van der Waals surface area contributed by atoms with Crippen LogP contribution in [0.15, 0.2) is 6.07 Å². The standard InChI is InChI=1S/C11H14O6/c1-2-3-4-6-7(11(15)17-16)5-8(12)10(14)9(6)13/h5,12-14,16H,2-4H2,1H3. The predicted octanol–water partition coefficient (Wildman–Crippen LogP) is 1.78. The van der Waals surface area contributed by atoms with Crippen molar-refractivity contribution in [3.63, 3.8) is 0 Å². The van der Waals surface area contributed by atoms with E-state index >= 15 is 0 Å². The molecule has 1 aromatic rings. The number of benzene rings is 1. The summed E-state index contributed by atoms with van der Waals surface area (Å²) < 4.78 is 0. The number of aromatic hydroxyl groups is 3. The van der Waals surface area contributed by atoms with Gasteiger partial charge in [0, 0.05) is 5.56 Å². The highest BCUT2D eigenvalue weighted by Gasteiger charge is 2.22. The van der Waals surface area contributed by atoms with E-state index in [9.17, 15) is 20.1 Å². The van der Waals surface area contributed by atoms with Crippen LogP contribution >= 0.6 is 0 Å². The first-order valence-corrected chi connectivity index (χ1v) is 5.15. The zero-order chi connectivity index (χ0) is 13.0. The van der Waals surface area contributed by atoms with Gasteiger partial charge in [0.25, 0.3) is 0 Å². The molecular formula is C11H14O6. The Morgan fingerprint density at radius 2 is 1.94 bits per heavy atom. The van der Waals surface area contributed by atoms with Crippen LogP contribution in [0.1, 0.15) is 35.7 Å². The fourth-order valence-electron chi connectivity index (χ4n) is 1.52. The average molecular weight is 242 g/mol. The molecule has 0 atom stereocenters. The van der Waals surface area contributed by atoms with Gasteiger partial charge in [0.2, 0.25) is 5.75 Å². The molecule has 0 saturated carbocycles. The highest BCUT2D eigenvalue weighted by molar-refractivity contribution is 5.92. The quantitative estimate of drug-likeness (QED) is 0.364. The van der Waals surface area contributed by atoms with Crippen LogP contribution in [0.5, 0.6) is 17.2 Å². The SMILES string of the molecule is CCCCc1c(C(=O)OO)cc(O)c(O)c1O.